The third kappa shape index (κ3) is 2.23. The second kappa shape index (κ2) is 6.23. The maximum atomic E-state index is 13.0. The van der Waals surface area contributed by atoms with Crippen LogP contribution in [0.25, 0.3) is 0 Å². The molecule has 9 atom stereocenters. The average molecular weight is 439 g/mol. The minimum absolute atomic E-state index is 0.0323. The number of carbonyl (C=O) groups is 2. The van der Waals surface area contributed by atoms with E-state index in [0.717, 1.165) is 12.0 Å². The van der Waals surface area contributed by atoms with E-state index in [2.05, 4.69) is 20.8 Å². The van der Waals surface area contributed by atoms with Crippen molar-refractivity contribution in [1.82, 2.24) is 0 Å². The van der Waals surface area contributed by atoms with E-state index >= 15 is 0 Å². The number of fused-ring (bicyclic) bond motifs is 4. The number of aliphatic carboxylic acids is 1. The minimum Gasteiger partial charge on any atom is -0.481 e. The fourth-order valence-electron chi connectivity index (χ4n) is 8.46. The lowest BCUT2D eigenvalue weighted by Gasteiger charge is -2.60. The Morgan fingerprint density at radius 3 is 2.75 bits per heavy atom. The van der Waals surface area contributed by atoms with Crippen molar-refractivity contribution in [3.63, 3.8) is 0 Å². The van der Waals surface area contributed by atoms with Gasteiger partial charge in [-0.15, -0.1) is 0 Å². The molecule has 32 heavy (non-hydrogen) atoms. The third-order valence-corrected chi connectivity index (χ3v) is 9.72. The second-order valence-electron chi connectivity index (χ2n) is 11.2. The Kier molecular flexibility index (Phi) is 3.98. The number of hydrogen-bond donors (Lipinski definition) is 1. The van der Waals surface area contributed by atoms with Gasteiger partial charge in [-0.1, -0.05) is 25.5 Å². The first kappa shape index (κ1) is 20.4. The van der Waals surface area contributed by atoms with Gasteiger partial charge in [-0.25, -0.2) is 0 Å². The van der Waals surface area contributed by atoms with Crippen LogP contribution in [0.5, 0.6) is 0 Å². The van der Waals surface area contributed by atoms with Gasteiger partial charge in [0.05, 0.1) is 42.9 Å². The summed E-state index contributed by atoms with van der Waals surface area (Å²) in [5, 5.41) is 9.99. The van der Waals surface area contributed by atoms with Gasteiger partial charge in [0.25, 0.3) is 0 Å². The minimum atomic E-state index is -0.813. The van der Waals surface area contributed by atoms with Crippen molar-refractivity contribution >= 4 is 11.8 Å². The molecule has 1 N–H and O–H groups in total. The van der Waals surface area contributed by atoms with Crippen LogP contribution in [0.1, 0.15) is 52.0 Å². The van der Waals surface area contributed by atoms with Crippen LogP contribution in [0.4, 0.5) is 0 Å². The van der Waals surface area contributed by atoms with Gasteiger partial charge in [-0.05, 0) is 54.9 Å². The number of rotatable bonds is 3. The number of hydrogen-bond acceptors (Lipinski definition) is 5. The van der Waals surface area contributed by atoms with Gasteiger partial charge in [-0.3, -0.25) is 9.59 Å². The van der Waals surface area contributed by atoms with Gasteiger partial charge in [0.15, 0.2) is 5.78 Å². The molecule has 3 heterocycles. The molecule has 6 rings (SSSR count). The standard InChI is InChI=1S/C26H30O6/c1-13-15(14-6-8-30-11-14)9-16-20(13)26(4)17(10-19(28)29)24(2)7-5-18(27)25(3)12-31-21(22(24)25)23(26)32-16/h5-8,11,15-17,21-23H,9-10,12H2,1-4H3,(H,28,29)/t15-,16-,17-,21-,22-,23-,24-,25-,26-/m1/s1. The zero-order valence-corrected chi connectivity index (χ0v) is 19.0. The van der Waals surface area contributed by atoms with Gasteiger partial charge in [0, 0.05) is 23.7 Å². The van der Waals surface area contributed by atoms with Crippen LogP contribution in [0, 0.1) is 28.1 Å². The lowest BCUT2D eigenvalue weighted by molar-refractivity contribution is -0.177. The molecule has 170 valence electrons. The number of carboxylic acids is 1. The van der Waals surface area contributed by atoms with Gasteiger partial charge >= 0.3 is 5.97 Å². The highest BCUT2D eigenvalue weighted by atomic mass is 16.6. The smallest absolute Gasteiger partial charge is 0.303 e. The first-order valence-corrected chi connectivity index (χ1v) is 11.6. The monoisotopic (exact) mass is 438 g/mol. The van der Waals surface area contributed by atoms with Crippen molar-refractivity contribution in [2.24, 2.45) is 28.1 Å². The first-order valence-electron chi connectivity index (χ1n) is 11.6. The fourth-order valence-corrected chi connectivity index (χ4v) is 8.46. The summed E-state index contributed by atoms with van der Waals surface area (Å²) in [5.41, 5.74) is 2.02. The average Bonchev–Trinajstić information content (AvgIpc) is 3.48. The molecular formula is C26H30O6. The van der Waals surface area contributed by atoms with E-state index in [1.807, 2.05) is 19.1 Å². The van der Waals surface area contributed by atoms with Crippen molar-refractivity contribution in [1.29, 1.82) is 0 Å². The number of carboxylic acid groups (broad SMARTS) is 1. The summed E-state index contributed by atoms with van der Waals surface area (Å²) in [7, 11) is 0. The number of furan rings is 1. The quantitative estimate of drug-likeness (QED) is 0.715. The molecule has 2 saturated heterocycles. The Balaban J connectivity index is 1.55. The van der Waals surface area contributed by atoms with Crippen LogP contribution in [-0.2, 0) is 19.1 Å². The second-order valence-corrected chi connectivity index (χ2v) is 11.2. The Hall–Kier alpha value is -2.18. The zero-order valence-electron chi connectivity index (χ0n) is 19.0. The molecule has 2 aliphatic heterocycles. The summed E-state index contributed by atoms with van der Waals surface area (Å²) in [4.78, 5) is 25.1. The predicted molar refractivity (Wildman–Crippen MR) is 115 cm³/mol. The molecule has 0 unspecified atom stereocenters. The molecule has 1 aromatic heterocycles. The highest BCUT2D eigenvalue weighted by Gasteiger charge is 2.74. The largest absolute Gasteiger partial charge is 0.481 e. The number of carbonyl (C=O) groups excluding carboxylic acids is 1. The lowest BCUT2D eigenvalue weighted by atomic mass is 9.42. The molecule has 5 aliphatic rings. The highest BCUT2D eigenvalue weighted by Crippen LogP contribution is 2.71. The van der Waals surface area contributed by atoms with E-state index in [0.29, 0.717) is 6.61 Å². The number of ketones is 1. The van der Waals surface area contributed by atoms with Crippen LogP contribution >= 0.6 is 0 Å². The summed E-state index contributed by atoms with van der Waals surface area (Å²) >= 11 is 0. The van der Waals surface area contributed by atoms with Gasteiger partial charge in [0.1, 0.15) is 0 Å². The van der Waals surface area contributed by atoms with E-state index in [1.165, 1.54) is 11.1 Å². The van der Waals surface area contributed by atoms with Crippen molar-refractivity contribution < 1.29 is 28.6 Å². The van der Waals surface area contributed by atoms with E-state index in [4.69, 9.17) is 13.9 Å². The highest BCUT2D eigenvalue weighted by molar-refractivity contribution is 5.96. The Bertz CT molecular complexity index is 1070. The van der Waals surface area contributed by atoms with Crippen molar-refractivity contribution in [3.8, 4) is 0 Å². The van der Waals surface area contributed by atoms with Gasteiger partial charge in [-0.2, -0.15) is 0 Å². The van der Waals surface area contributed by atoms with Crippen LogP contribution in [0.2, 0.25) is 0 Å². The first-order chi connectivity index (χ1) is 15.1. The summed E-state index contributed by atoms with van der Waals surface area (Å²) < 4.78 is 18.5. The molecule has 0 radical (unpaired) electrons. The van der Waals surface area contributed by atoms with Crippen LogP contribution < -0.4 is 0 Å². The van der Waals surface area contributed by atoms with E-state index in [9.17, 15) is 14.7 Å². The maximum absolute atomic E-state index is 13.0. The Labute approximate surface area is 187 Å². The summed E-state index contributed by atoms with van der Waals surface area (Å²) in [6.45, 7) is 8.83. The fraction of sp³-hybridized carbons (Fsp3) is 0.615. The van der Waals surface area contributed by atoms with E-state index in [-0.39, 0.29) is 48.3 Å². The molecule has 6 nitrogen and oxygen atoms in total. The number of allylic oxidation sites excluding steroid dienone is 3. The third-order valence-electron chi connectivity index (χ3n) is 9.72. The molecule has 0 amide bonds. The lowest BCUT2D eigenvalue weighted by Crippen LogP contribution is -2.64. The molecule has 3 aliphatic carbocycles. The van der Waals surface area contributed by atoms with Crippen LogP contribution in [-0.4, -0.2) is 41.8 Å². The molecule has 1 saturated carbocycles. The predicted octanol–water partition coefficient (Wildman–Crippen LogP) is 4.13. The van der Waals surface area contributed by atoms with Crippen LogP contribution in [0.15, 0.2) is 46.3 Å². The van der Waals surface area contributed by atoms with E-state index in [1.54, 1.807) is 18.6 Å². The van der Waals surface area contributed by atoms with E-state index < -0.39 is 22.2 Å². The summed E-state index contributed by atoms with van der Waals surface area (Å²) in [6, 6.07) is 2.00. The van der Waals surface area contributed by atoms with Crippen molar-refractivity contribution in [2.75, 3.05) is 6.61 Å². The van der Waals surface area contributed by atoms with Crippen LogP contribution in [0.3, 0.4) is 0 Å². The normalized spacial score (nSPS) is 48.7. The summed E-state index contributed by atoms with van der Waals surface area (Å²) in [5.74, 6) is -0.831. The molecule has 0 bridgehead atoms. The molecule has 0 spiro atoms. The molecule has 3 fully saturated rings. The topological polar surface area (TPSA) is 86.0 Å². The van der Waals surface area contributed by atoms with Crippen molar-refractivity contribution in [3.05, 3.63) is 47.5 Å². The Morgan fingerprint density at radius 2 is 2.06 bits per heavy atom. The SMILES string of the molecule is CC1=C2[C@@H](C[C@H]1c1ccoc1)O[C@@H]1[C@@H]3OC[C@]4(C)C(=O)C=C[C@](C)([C@@H](CC(=O)O)[C@]21C)[C@@H]34. The summed E-state index contributed by atoms with van der Waals surface area (Å²) in [6.07, 6.45) is 7.46. The Morgan fingerprint density at radius 1 is 1.28 bits per heavy atom. The van der Waals surface area contributed by atoms with Gasteiger partial charge < -0.3 is 19.0 Å². The molecular weight excluding hydrogens is 408 g/mol. The van der Waals surface area contributed by atoms with Crippen molar-refractivity contribution in [2.45, 2.75) is 64.8 Å². The maximum Gasteiger partial charge on any atom is 0.303 e. The molecule has 6 heteroatoms. The zero-order chi connectivity index (χ0) is 22.6. The molecule has 1 aromatic rings. The number of ether oxygens (including phenoxy) is 2. The van der Waals surface area contributed by atoms with Gasteiger partial charge in [0.2, 0.25) is 0 Å². The molecule has 0 aromatic carbocycles.